The Bertz CT molecular complexity index is 540. The van der Waals surface area contributed by atoms with Crippen LogP contribution in [0.25, 0.3) is 0 Å². The molecule has 0 amide bonds. The smallest absolute Gasteiger partial charge is 0.0659 e. The molecule has 2 aromatic rings. The predicted octanol–water partition coefficient (Wildman–Crippen LogP) is 3.97. The van der Waals surface area contributed by atoms with Gasteiger partial charge in [-0.2, -0.15) is 0 Å². The van der Waals surface area contributed by atoms with Crippen LogP contribution in [-0.4, -0.2) is 19.1 Å². The molecular formula is C15H18ClN3. The fraction of sp³-hybridized carbons (Fsp3) is 0.267. The minimum absolute atomic E-state index is 0.141. The summed E-state index contributed by atoms with van der Waals surface area (Å²) in [5.74, 6) is 0. The number of hydrogen-bond donors (Lipinski definition) is 1. The molecule has 0 saturated carbocycles. The van der Waals surface area contributed by atoms with E-state index in [1.54, 1.807) is 6.20 Å². The molecule has 0 aliphatic carbocycles. The monoisotopic (exact) mass is 275 g/mol. The van der Waals surface area contributed by atoms with E-state index in [-0.39, 0.29) is 6.04 Å². The van der Waals surface area contributed by atoms with Crippen molar-refractivity contribution in [2.45, 2.75) is 13.0 Å². The number of halogens is 1. The van der Waals surface area contributed by atoms with Gasteiger partial charge >= 0.3 is 0 Å². The topological polar surface area (TPSA) is 28.2 Å². The van der Waals surface area contributed by atoms with E-state index in [1.807, 2.05) is 55.4 Å². The Morgan fingerprint density at radius 3 is 2.58 bits per heavy atom. The lowest BCUT2D eigenvalue weighted by Crippen LogP contribution is -2.11. The molecule has 0 bridgehead atoms. The van der Waals surface area contributed by atoms with Crippen molar-refractivity contribution in [3.63, 3.8) is 0 Å². The van der Waals surface area contributed by atoms with E-state index in [1.165, 1.54) is 0 Å². The van der Waals surface area contributed by atoms with Crippen LogP contribution in [0.5, 0.6) is 0 Å². The lowest BCUT2D eigenvalue weighted by molar-refractivity contribution is 0.839. The average Bonchev–Trinajstić information content (AvgIpc) is 2.39. The van der Waals surface area contributed by atoms with Gasteiger partial charge in [-0.25, -0.2) is 0 Å². The van der Waals surface area contributed by atoms with Crippen molar-refractivity contribution in [3.05, 3.63) is 53.3 Å². The number of pyridine rings is 1. The Kier molecular flexibility index (Phi) is 4.27. The summed E-state index contributed by atoms with van der Waals surface area (Å²) in [6.07, 6.45) is 1.80. The first kappa shape index (κ1) is 13.7. The number of hydrogen-bond acceptors (Lipinski definition) is 3. The first-order valence-electron chi connectivity index (χ1n) is 6.22. The highest BCUT2D eigenvalue weighted by Gasteiger charge is 2.08. The zero-order valence-corrected chi connectivity index (χ0v) is 12.1. The van der Waals surface area contributed by atoms with E-state index in [0.29, 0.717) is 0 Å². The van der Waals surface area contributed by atoms with Gasteiger partial charge in [0.15, 0.2) is 0 Å². The molecule has 0 saturated heterocycles. The summed E-state index contributed by atoms with van der Waals surface area (Å²) < 4.78 is 0. The van der Waals surface area contributed by atoms with Gasteiger partial charge in [0, 0.05) is 26.0 Å². The fourth-order valence-corrected chi connectivity index (χ4v) is 2.26. The van der Waals surface area contributed by atoms with Crippen molar-refractivity contribution < 1.29 is 0 Å². The molecule has 19 heavy (non-hydrogen) atoms. The number of benzene rings is 1. The van der Waals surface area contributed by atoms with Gasteiger partial charge in [0.1, 0.15) is 0 Å². The number of nitrogens with zero attached hydrogens (tertiary/aromatic N) is 2. The molecule has 100 valence electrons. The van der Waals surface area contributed by atoms with Crippen molar-refractivity contribution in [2.75, 3.05) is 24.3 Å². The molecule has 0 radical (unpaired) electrons. The van der Waals surface area contributed by atoms with Gasteiger partial charge in [0.25, 0.3) is 0 Å². The largest absolute Gasteiger partial charge is 0.377 e. The van der Waals surface area contributed by atoms with E-state index in [2.05, 4.69) is 17.2 Å². The minimum Gasteiger partial charge on any atom is -0.377 e. The maximum absolute atomic E-state index is 6.26. The highest BCUT2D eigenvalue weighted by molar-refractivity contribution is 6.33. The zero-order valence-electron chi connectivity index (χ0n) is 11.4. The summed E-state index contributed by atoms with van der Waals surface area (Å²) in [6, 6.07) is 12.0. The molecule has 0 aliphatic heterocycles. The van der Waals surface area contributed by atoms with E-state index in [9.17, 15) is 0 Å². The van der Waals surface area contributed by atoms with Gasteiger partial charge in [0.2, 0.25) is 0 Å². The number of aromatic nitrogens is 1. The lowest BCUT2D eigenvalue weighted by atomic mass is 10.2. The van der Waals surface area contributed by atoms with Crippen molar-refractivity contribution in [1.82, 2.24) is 4.98 Å². The summed E-state index contributed by atoms with van der Waals surface area (Å²) in [6.45, 7) is 2.08. The summed E-state index contributed by atoms with van der Waals surface area (Å²) in [5.41, 5.74) is 3.02. The van der Waals surface area contributed by atoms with Crippen molar-refractivity contribution in [1.29, 1.82) is 0 Å². The third-order valence-corrected chi connectivity index (χ3v) is 3.25. The molecule has 0 spiro atoms. The van der Waals surface area contributed by atoms with Crippen LogP contribution in [-0.2, 0) is 0 Å². The highest BCUT2D eigenvalue weighted by atomic mass is 35.5. The van der Waals surface area contributed by atoms with Crippen LogP contribution >= 0.6 is 11.6 Å². The highest BCUT2D eigenvalue weighted by Crippen LogP contribution is 2.28. The van der Waals surface area contributed by atoms with E-state index >= 15 is 0 Å². The van der Waals surface area contributed by atoms with Gasteiger partial charge in [-0.15, -0.1) is 0 Å². The second-order valence-corrected chi connectivity index (χ2v) is 5.09. The lowest BCUT2D eigenvalue weighted by Gasteiger charge is -2.18. The van der Waals surface area contributed by atoms with Crippen LogP contribution in [0.4, 0.5) is 11.4 Å². The number of rotatable bonds is 4. The van der Waals surface area contributed by atoms with Gasteiger partial charge in [-0.1, -0.05) is 17.7 Å². The Hall–Kier alpha value is -1.74. The second kappa shape index (κ2) is 5.93. The Morgan fingerprint density at radius 2 is 2.00 bits per heavy atom. The molecular weight excluding hydrogens is 258 g/mol. The van der Waals surface area contributed by atoms with Crippen LogP contribution in [0, 0.1) is 0 Å². The Labute approximate surface area is 119 Å². The first-order valence-corrected chi connectivity index (χ1v) is 6.60. The van der Waals surface area contributed by atoms with Gasteiger partial charge < -0.3 is 10.2 Å². The molecule has 1 aromatic carbocycles. The summed E-state index contributed by atoms with van der Waals surface area (Å²) in [5, 5.41) is 4.14. The summed E-state index contributed by atoms with van der Waals surface area (Å²) in [4.78, 5) is 6.33. The van der Waals surface area contributed by atoms with Crippen LogP contribution in [0.3, 0.4) is 0 Å². The van der Waals surface area contributed by atoms with Crippen LogP contribution < -0.4 is 10.2 Å². The fourth-order valence-electron chi connectivity index (χ4n) is 1.92. The SMILES string of the molecule is CC(Nc1ccc(N(C)C)c(Cl)c1)c1ccccn1. The molecule has 1 aromatic heterocycles. The van der Waals surface area contributed by atoms with Crippen LogP contribution in [0.15, 0.2) is 42.6 Å². The van der Waals surface area contributed by atoms with Gasteiger partial charge in [-0.3, -0.25) is 4.98 Å². The quantitative estimate of drug-likeness (QED) is 0.915. The molecule has 1 heterocycles. The molecule has 2 rings (SSSR count). The molecule has 0 fully saturated rings. The van der Waals surface area contributed by atoms with Crippen molar-refractivity contribution in [3.8, 4) is 0 Å². The summed E-state index contributed by atoms with van der Waals surface area (Å²) in [7, 11) is 3.95. The first-order chi connectivity index (χ1) is 9.08. The minimum atomic E-state index is 0.141. The maximum Gasteiger partial charge on any atom is 0.0659 e. The van der Waals surface area contributed by atoms with Crippen LogP contribution in [0.2, 0.25) is 5.02 Å². The molecule has 1 atom stereocenters. The average molecular weight is 276 g/mol. The molecule has 1 unspecified atom stereocenters. The Balaban J connectivity index is 2.14. The third kappa shape index (κ3) is 3.38. The molecule has 0 aliphatic rings. The van der Waals surface area contributed by atoms with E-state index in [4.69, 9.17) is 11.6 Å². The molecule has 4 heteroatoms. The van der Waals surface area contributed by atoms with Gasteiger partial charge in [-0.05, 0) is 37.3 Å². The standard InChI is InChI=1S/C15H18ClN3/c1-11(14-6-4-5-9-17-14)18-12-7-8-15(19(2)3)13(16)10-12/h4-11,18H,1-3H3. The predicted molar refractivity (Wildman–Crippen MR) is 82.1 cm³/mol. The zero-order chi connectivity index (χ0) is 13.8. The van der Waals surface area contributed by atoms with Crippen molar-refractivity contribution >= 4 is 23.0 Å². The maximum atomic E-state index is 6.26. The number of anilines is 2. The normalized spacial score (nSPS) is 12.0. The molecule has 3 nitrogen and oxygen atoms in total. The third-order valence-electron chi connectivity index (χ3n) is 2.94. The van der Waals surface area contributed by atoms with E-state index in [0.717, 1.165) is 22.1 Å². The van der Waals surface area contributed by atoms with Crippen LogP contribution in [0.1, 0.15) is 18.7 Å². The number of nitrogens with one attached hydrogen (secondary N) is 1. The molecule has 1 N–H and O–H groups in total. The van der Waals surface area contributed by atoms with Gasteiger partial charge in [0.05, 0.1) is 22.4 Å². The summed E-state index contributed by atoms with van der Waals surface area (Å²) >= 11 is 6.26. The van der Waals surface area contributed by atoms with Crippen molar-refractivity contribution in [2.24, 2.45) is 0 Å². The second-order valence-electron chi connectivity index (χ2n) is 4.68. The Morgan fingerprint density at radius 1 is 1.21 bits per heavy atom. The van der Waals surface area contributed by atoms with E-state index < -0.39 is 0 Å².